The van der Waals surface area contributed by atoms with Crippen LogP contribution in [0.5, 0.6) is 11.5 Å². The molecular formula is C19H22ClNO3. The summed E-state index contributed by atoms with van der Waals surface area (Å²) in [7, 11) is 0. The van der Waals surface area contributed by atoms with E-state index in [1.165, 1.54) is 0 Å². The molecule has 0 saturated heterocycles. The minimum absolute atomic E-state index is 0.247. The highest BCUT2D eigenvalue weighted by molar-refractivity contribution is 6.34. The van der Waals surface area contributed by atoms with Gasteiger partial charge in [-0.1, -0.05) is 24.6 Å². The van der Waals surface area contributed by atoms with Crippen molar-refractivity contribution in [2.75, 3.05) is 18.5 Å². The van der Waals surface area contributed by atoms with Crippen LogP contribution in [0.15, 0.2) is 36.4 Å². The van der Waals surface area contributed by atoms with Crippen molar-refractivity contribution in [3.05, 3.63) is 52.5 Å². The van der Waals surface area contributed by atoms with Gasteiger partial charge in [-0.05, 0) is 56.2 Å². The molecule has 0 aliphatic heterocycles. The van der Waals surface area contributed by atoms with Gasteiger partial charge < -0.3 is 14.8 Å². The summed E-state index contributed by atoms with van der Waals surface area (Å²) in [6.07, 6.45) is 0.903. The summed E-state index contributed by atoms with van der Waals surface area (Å²) in [5.41, 5.74) is 2.10. The monoisotopic (exact) mass is 347 g/mol. The Balaban J connectivity index is 2.20. The molecular weight excluding hydrogens is 326 g/mol. The van der Waals surface area contributed by atoms with Crippen molar-refractivity contribution in [2.24, 2.45) is 0 Å². The van der Waals surface area contributed by atoms with Gasteiger partial charge in [-0.15, -0.1) is 0 Å². The summed E-state index contributed by atoms with van der Waals surface area (Å²) in [6.45, 7) is 6.97. The Morgan fingerprint density at radius 2 is 1.88 bits per heavy atom. The fourth-order valence-corrected chi connectivity index (χ4v) is 2.45. The van der Waals surface area contributed by atoms with Gasteiger partial charge in [-0.25, -0.2) is 0 Å². The normalized spacial score (nSPS) is 10.3. The van der Waals surface area contributed by atoms with Gasteiger partial charge in [-0.3, -0.25) is 4.79 Å². The molecule has 5 heteroatoms. The van der Waals surface area contributed by atoms with Crippen LogP contribution in [-0.4, -0.2) is 19.1 Å². The number of benzene rings is 2. The maximum absolute atomic E-state index is 12.5. The summed E-state index contributed by atoms with van der Waals surface area (Å²) < 4.78 is 11.2. The summed E-state index contributed by atoms with van der Waals surface area (Å²) in [6, 6.07) is 10.7. The second-order valence-electron chi connectivity index (χ2n) is 5.38. The van der Waals surface area contributed by atoms with Crippen molar-refractivity contribution in [3.8, 4) is 11.5 Å². The van der Waals surface area contributed by atoms with E-state index in [1.807, 2.05) is 32.9 Å². The van der Waals surface area contributed by atoms with E-state index in [4.69, 9.17) is 21.1 Å². The number of ether oxygens (including phenoxy) is 2. The lowest BCUT2D eigenvalue weighted by atomic mass is 10.1. The van der Waals surface area contributed by atoms with Crippen molar-refractivity contribution < 1.29 is 14.3 Å². The third-order valence-electron chi connectivity index (χ3n) is 3.34. The number of amides is 1. The molecule has 0 unspecified atom stereocenters. The van der Waals surface area contributed by atoms with E-state index in [9.17, 15) is 4.79 Å². The standard InChI is InChI=1S/C19H22ClNO3/c1-4-10-24-17-9-7-14(12-18(17)23-5-2)19(22)21-16-8-6-13(3)11-15(16)20/h6-9,11-12H,4-5,10H2,1-3H3,(H,21,22). The van der Waals surface area contributed by atoms with E-state index in [0.29, 0.717) is 41.0 Å². The first-order valence-corrected chi connectivity index (χ1v) is 8.40. The SMILES string of the molecule is CCCOc1ccc(C(=O)Nc2ccc(C)cc2Cl)cc1OCC. The molecule has 24 heavy (non-hydrogen) atoms. The highest BCUT2D eigenvalue weighted by Gasteiger charge is 2.13. The third-order valence-corrected chi connectivity index (χ3v) is 3.65. The van der Waals surface area contributed by atoms with Crippen molar-refractivity contribution >= 4 is 23.2 Å². The van der Waals surface area contributed by atoms with Crippen LogP contribution in [0, 0.1) is 6.92 Å². The third kappa shape index (κ3) is 4.65. The Morgan fingerprint density at radius 3 is 2.54 bits per heavy atom. The van der Waals surface area contributed by atoms with Gasteiger partial charge in [-0.2, -0.15) is 0 Å². The number of hydrogen-bond acceptors (Lipinski definition) is 3. The summed E-state index contributed by atoms with van der Waals surface area (Å²) >= 11 is 6.17. The van der Waals surface area contributed by atoms with Crippen LogP contribution in [0.2, 0.25) is 5.02 Å². The fraction of sp³-hybridized carbons (Fsp3) is 0.316. The maximum Gasteiger partial charge on any atom is 0.255 e. The topological polar surface area (TPSA) is 47.6 Å². The number of nitrogens with one attached hydrogen (secondary N) is 1. The molecule has 0 fully saturated rings. The second-order valence-corrected chi connectivity index (χ2v) is 5.79. The number of carbonyl (C=O) groups excluding carboxylic acids is 1. The highest BCUT2D eigenvalue weighted by Crippen LogP contribution is 2.30. The van der Waals surface area contributed by atoms with Crippen LogP contribution in [0.1, 0.15) is 36.2 Å². The zero-order valence-corrected chi connectivity index (χ0v) is 14.9. The first-order valence-electron chi connectivity index (χ1n) is 8.02. The molecule has 1 N–H and O–H groups in total. The van der Waals surface area contributed by atoms with Gasteiger partial charge in [0, 0.05) is 5.56 Å². The van der Waals surface area contributed by atoms with E-state index in [0.717, 1.165) is 12.0 Å². The molecule has 2 rings (SSSR count). The van der Waals surface area contributed by atoms with Crippen LogP contribution in [-0.2, 0) is 0 Å². The molecule has 0 bridgehead atoms. The number of hydrogen-bond donors (Lipinski definition) is 1. The van der Waals surface area contributed by atoms with Crippen molar-refractivity contribution in [2.45, 2.75) is 27.2 Å². The molecule has 2 aromatic rings. The summed E-state index contributed by atoms with van der Waals surface area (Å²) in [4.78, 5) is 12.5. The largest absolute Gasteiger partial charge is 0.490 e. The first-order chi connectivity index (χ1) is 11.5. The average Bonchev–Trinajstić information content (AvgIpc) is 2.56. The van der Waals surface area contributed by atoms with Crippen LogP contribution in [0.4, 0.5) is 5.69 Å². The van der Waals surface area contributed by atoms with E-state index < -0.39 is 0 Å². The lowest BCUT2D eigenvalue weighted by Crippen LogP contribution is -2.13. The number of anilines is 1. The zero-order chi connectivity index (χ0) is 17.5. The number of rotatable bonds is 7. The molecule has 0 aromatic heterocycles. The minimum atomic E-state index is -0.247. The van der Waals surface area contributed by atoms with Crippen molar-refractivity contribution in [3.63, 3.8) is 0 Å². The highest BCUT2D eigenvalue weighted by atomic mass is 35.5. The van der Waals surface area contributed by atoms with Gasteiger partial charge >= 0.3 is 0 Å². The second kappa shape index (κ2) is 8.60. The predicted octanol–water partition coefficient (Wildman–Crippen LogP) is 5.09. The van der Waals surface area contributed by atoms with E-state index in [2.05, 4.69) is 5.32 Å². The van der Waals surface area contributed by atoms with E-state index in [1.54, 1.807) is 24.3 Å². The average molecular weight is 348 g/mol. The van der Waals surface area contributed by atoms with Crippen molar-refractivity contribution in [1.82, 2.24) is 0 Å². The van der Waals surface area contributed by atoms with Gasteiger partial charge in [0.25, 0.3) is 5.91 Å². The lowest BCUT2D eigenvalue weighted by molar-refractivity contribution is 0.102. The van der Waals surface area contributed by atoms with Crippen LogP contribution in [0.3, 0.4) is 0 Å². The van der Waals surface area contributed by atoms with E-state index in [-0.39, 0.29) is 5.91 Å². The number of halogens is 1. The zero-order valence-electron chi connectivity index (χ0n) is 14.2. The fourth-order valence-electron chi connectivity index (χ4n) is 2.16. The number of carbonyl (C=O) groups is 1. The Hall–Kier alpha value is -2.20. The molecule has 2 aromatic carbocycles. The molecule has 0 aliphatic rings. The molecule has 1 amide bonds. The predicted molar refractivity (Wildman–Crippen MR) is 97.5 cm³/mol. The Labute approximate surface area is 147 Å². The Kier molecular flexibility index (Phi) is 6.50. The molecule has 0 atom stereocenters. The molecule has 0 radical (unpaired) electrons. The smallest absolute Gasteiger partial charge is 0.255 e. The van der Waals surface area contributed by atoms with Crippen LogP contribution >= 0.6 is 11.6 Å². The minimum Gasteiger partial charge on any atom is -0.490 e. The van der Waals surface area contributed by atoms with Gasteiger partial charge in [0.05, 0.1) is 23.9 Å². The molecule has 0 spiro atoms. The Morgan fingerprint density at radius 1 is 1.08 bits per heavy atom. The summed E-state index contributed by atoms with van der Waals surface area (Å²) in [5, 5.41) is 3.33. The van der Waals surface area contributed by atoms with Crippen LogP contribution in [0.25, 0.3) is 0 Å². The quantitative estimate of drug-likeness (QED) is 0.759. The molecule has 0 aliphatic carbocycles. The Bertz CT molecular complexity index is 716. The van der Waals surface area contributed by atoms with E-state index >= 15 is 0 Å². The molecule has 128 valence electrons. The number of aryl methyl sites for hydroxylation is 1. The molecule has 0 saturated carbocycles. The lowest BCUT2D eigenvalue weighted by Gasteiger charge is -2.13. The molecule has 4 nitrogen and oxygen atoms in total. The first kappa shape index (κ1) is 18.1. The van der Waals surface area contributed by atoms with Gasteiger partial charge in [0.15, 0.2) is 11.5 Å². The van der Waals surface area contributed by atoms with Gasteiger partial charge in [0.2, 0.25) is 0 Å². The van der Waals surface area contributed by atoms with Crippen LogP contribution < -0.4 is 14.8 Å². The van der Waals surface area contributed by atoms with Gasteiger partial charge in [0.1, 0.15) is 0 Å². The molecule has 0 heterocycles. The maximum atomic E-state index is 12.5. The summed E-state index contributed by atoms with van der Waals surface area (Å²) in [5.74, 6) is 0.959. The van der Waals surface area contributed by atoms with Crippen molar-refractivity contribution in [1.29, 1.82) is 0 Å².